The molecule has 0 amide bonds. The SMILES string of the molecule is CCN(CC1CCCC1)c1ncc(NCC(C)C)cc1CN(Cc1cc(C(F)(F)F)cc(C(F)(F)F)c1)c1nnn(C)n1. The van der Waals surface area contributed by atoms with Gasteiger partial charge in [0.05, 0.1) is 36.6 Å². The number of hydrogen-bond acceptors (Lipinski definition) is 7. The van der Waals surface area contributed by atoms with Crippen LogP contribution in [0.15, 0.2) is 30.5 Å². The zero-order valence-corrected chi connectivity index (χ0v) is 24.8. The standard InChI is InChI=1S/C29H38F6N8/c1-5-42(16-20-8-6-7-9-20)26-22(12-25(15-37-26)36-14-19(2)3)18-43(27-38-40-41(4)39-27)17-21-10-23(28(30,31)32)13-24(11-21)29(33,34)35/h10-13,15,19-20,36H,5-9,14,16-18H2,1-4H3. The highest BCUT2D eigenvalue weighted by molar-refractivity contribution is 5.56. The van der Waals surface area contributed by atoms with Gasteiger partial charge in [-0.2, -0.15) is 31.1 Å². The van der Waals surface area contributed by atoms with Crippen LogP contribution >= 0.6 is 0 Å². The van der Waals surface area contributed by atoms with Crippen LogP contribution in [0.4, 0.5) is 43.8 Å². The van der Waals surface area contributed by atoms with Crippen molar-refractivity contribution in [1.29, 1.82) is 0 Å². The molecular weight excluding hydrogens is 574 g/mol. The van der Waals surface area contributed by atoms with Gasteiger partial charge in [0.15, 0.2) is 0 Å². The minimum atomic E-state index is -4.96. The molecule has 2 aromatic heterocycles. The summed E-state index contributed by atoms with van der Waals surface area (Å²) in [6, 6.07) is 3.52. The predicted molar refractivity (Wildman–Crippen MR) is 153 cm³/mol. The third-order valence-corrected chi connectivity index (χ3v) is 7.45. The average Bonchev–Trinajstić information content (AvgIpc) is 3.61. The quantitative estimate of drug-likeness (QED) is 0.222. The lowest BCUT2D eigenvalue weighted by Crippen LogP contribution is -2.32. The van der Waals surface area contributed by atoms with Gasteiger partial charge >= 0.3 is 12.4 Å². The maximum atomic E-state index is 13.6. The van der Waals surface area contributed by atoms with E-state index in [1.165, 1.54) is 29.6 Å². The lowest BCUT2D eigenvalue weighted by molar-refractivity contribution is -0.143. The average molecular weight is 613 g/mol. The van der Waals surface area contributed by atoms with E-state index in [1.807, 2.05) is 13.0 Å². The van der Waals surface area contributed by atoms with E-state index in [0.717, 1.165) is 42.8 Å². The summed E-state index contributed by atoms with van der Waals surface area (Å²) >= 11 is 0. The Hall–Kier alpha value is -3.58. The van der Waals surface area contributed by atoms with Crippen LogP contribution in [0, 0.1) is 11.8 Å². The van der Waals surface area contributed by atoms with Crippen LogP contribution in [0.2, 0.25) is 0 Å². The Labute approximate surface area is 247 Å². The fourth-order valence-corrected chi connectivity index (χ4v) is 5.33. The second kappa shape index (κ2) is 13.4. The molecule has 1 N–H and O–H groups in total. The van der Waals surface area contributed by atoms with E-state index in [2.05, 4.69) is 39.5 Å². The molecule has 2 heterocycles. The fourth-order valence-electron chi connectivity index (χ4n) is 5.33. The molecule has 0 bridgehead atoms. The van der Waals surface area contributed by atoms with Crippen molar-refractivity contribution in [3.05, 3.63) is 52.7 Å². The molecule has 4 rings (SSSR count). The van der Waals surface area contributed by atoms with Crippen molar-refractivity contribution in [2.75, 3.05) is 34.8 Å². The van der Waals surface area contributed by atoms with Gasteiger partial charge in [-0.05, 0) is 66.6 Å². The molecule has 8 nitrogen and oxygen atoms in total. The molecule has 14 heteroatoms. The highest BCUT2D eigenvalue weighted by Gasteiger charge is 2.37. The molecule has 0 saturated heterocycles. The first-order valence-corrected chi connectivity index (χ1v) is 14.5. The van der Waals surface area contributed by atoms with Crippen LogP contribution in [0.3, 0.4) is 0 Å². The summed E-state index contributed by atoms with van der Waals surface area (Å²) in [5, 5.41) is 15.5. The largest absolute Gasteiger partial charge is 0.416 e. The second-order valence-corrected chi connectivity index (χ2v) is 11.5. The summed E-state index contributed by atoms with van der Waals surface area (Å²) in [7, 11) is 1.53. The van der Waals surface area contributed by atoms with Crippen molar-refractivity contribution in [1.82, 2.24) is 25.2 Å². The molecule has 1 aliphatic rings. The fraction of sp³-hybridized carbons (Fsp3) is 0.586. The van der Waals surface area contributed by atoms with Crippen molar-refractivity contribution >= 4 is 17.5 Å². The van der Waals surface area contributed by atoms with E-state index in [1.54, 1.807) is 6.20 Å². The summed E-state index contributed by atoms with van der Waals surface area (Å²) in [6.45, 7) is 8.11. The lowest BCUT2D eigenvalue weighted by atomic mass is 10.0. The van der Waals surface area contributed by atoms with E-state index < -0.39 is 23.5 Å². The number of tetrazole rings is 1. The zero-order chi connectivity index (χ0) is 31.4. The molecule has 3 aromatic rings. The molecular formula is C29H38F6N8. The third kappa shape index (κ3) is 8.73. The Morgan fingerprint density at radius 3 is 2.14 bits per heavy atom. The minimum Gasteiger partial charge on any atom is -0.384 e. The minimum absolute atomic E-state index is 0.0683. The van der Waals surface area contributed by atoms with Crippen molar-refractivity contribution < 1.29 is 26.3 Å². The topological polar surface area (TPSA) is 75.0 Å². The van der Waals surface area contributed by atoms with Gasteiger partial charge in [0.25, 0.3) is 5.95 Å². The number of rotatable bonds is 12. The number of aryl methyl sites for hydroxylation is 1. The summed E-state index contributed by atoms with van der Waals surface area (Å²) < 4.78 is 81.8. The number of pyridine rings is 1. The van der Waals surface area contributed by atoms with Crippen molar-refractivity contribution in [2.24, 2.45) is 18.9 Å². The molecule has 1 aliphatic carbocycles. The number of halogens is 6. The Bertz CT molecular complexity index is 1320. The number of benzene rings is 1. The molecule has 0 radical (unpaired) electrons. The number of hydrogen-bond donors (Lipinski definition) is 1. The molecule has 236 valence electrons. The summed E-state index contributed by atoms with van der Waals surface area (Å²) in [5.74, 6) is 1.66. The van der Waals surface area contributed by atoms with Crippen LogP contribution in [0.1, 0.15) is 68.7 Å². The first-order chi connectivity index (χ1) is 20.2. The van der Waals surface area contributed by atoms with E-state index in [-0.39, 0.29) is 30.7 Å². The van der Waals surface area contributed by atoms with Gasteiger partial charge in [-0.15, -0.1) is 5.10 Å². The van der Waals surface area contributed by atoms with E-state index in [9.17, 15) is 26.3 Å². The van der Waals surface area contributed by atoms with Crippen molar-refractivity contribution in [3.63, 3.8) is 0 Å². The summed E-state index contributed by atoms with van der Waals surface area (Å²) in [6.07, 6.45) is -3.53. The zero-order valence-electron chi connectivity index (χ0n) is 24.8. The van der Waals surface area contributed by atoms with Gasteiger partial charge in [-0.3, -0.25) is 0 Å². The summed E-state index contributed by atoms with van der Waals surface area (Å²) in [5.41, 5.74) is -1.43. The number of alkyl halides is 6. The molecule has 1 fully saturated rings. The van der Waals surface area contributed by atoms with Gasteiger partial charge in [0.1, 0.15) is 5.82 Å². The van der Waals surface area contributed by atoms with Crippen molar-refractivity contribution in [2.45, 2.75) is 71.9 Å². The maximum Gasteiger partial charge on any atom is 0.416 e. The number of anilines is 3. The number of aromatic nitrogens is 5. The maximum absolute atomic E-state index is 13.6. The van der Waals surface area contributed by atoms with E-state index >= 15 is 0 Å². The van der Waals surface area contributed by atoms with Crippen LogP contribution in [-0.4, -0.2) is 44.8 Å². The monoisotopic (exact) mass is 612 g/mol. The first-order valence-electron chi connectivity index (χ1n) is 14.5. The summed E-state index contributed by atoms with van der Waals surface area (Å²) in [4.78, 5) is 9.70. The molecule has 0 spiro atoms. The van der Waals surface area contributed by atoms with Gasteiger partial charge in [0, 0.05) is 31.7 Å². The Balaban J connectivity index is 1.75. The van der Waals surface area contributed by atoms with Crippen LogP contribution < -0.4 is 15.1 Å². The molecule has 1 saturated carbocycles. The van der Waals surface area contributed by atoms with E-state index in [4.69, 9.17) is 4.98 Å². The van der Waals surface area contributed by atoms with Gasteiger partial charge < -0.3 is 15.1 Å². The van der Waals surface area contributed by atoms with Gasteiger partial charge in [-0.1, -0.05) is 31.8 Å². The van der Waals surface area contributed by atoms with Gasteiger partial charge in [-0.25, -0.2) is 4.98 Å². The van der Waals surface area contributed by atoms with Crippen LogP contribution in [-0.2, 0) is 32.5 Å². The smallest absolute Gasteiger partial charge is 0.384 e. The third-order valence-electron chi connectivity index (χ3n) is 7.45. The highest BCUT2D eigenvalue weighted by Crippen LogP contribution is 2.37. The predicted octanol–water partition coefficient (Wildman–Crippen LogP) is 6.93. The van der Waals surface area contributed by atoms with Crippen LogP contribution in [0.5, 0.6) is 0 Å². The number of nitrogens with one attached hydrogen (secondary N) is 1. The molecule has 1 aromatic carbocycles. The lowest BCUT2D eigenvalue weighted by Gasteiger charge is -2.30. The van der Waals surface area contributed by atoms with Crippen LogP contribution in [0.25, 0.3) is 0 Å². The van der Waals surface area contributed by atoms with Gasteiger partial charge in [0.2, 0.25) is 0 Å². The molecule has 0 unspecified atom stereocenters. The Kier molecular flexibility index (Phi) is 10.1. The second-order valence-electron chi connectivity index (χ2n) is 11.5. The number of nitrogens with zero attached hydrogens (tertiary/aromatic N) is 7. The Morgan fingerprint density at radius 2 is 1.60 bits per heavy atom. The molecule has 43 heavy (non-hydrogen) atoms. The highest BCUT2D eigenvalue weighted by atomic mass is 19.4. The van der Waals surface area contributed by atoms with E-state index in [0.29, 0.717) is 30.7 Å². The van der Waals surface area contributed by atoms with Crippen molar-refractivity contribution in [3.8, 4) is 0 Å². The Morgan fingerprint density at radius 1 is 0.953 bits per heavy atom. The normalized spacial score (nSPS) is 14.5. The first kappa shape index (κ1) is 32.3. The molecule has 0 aliphatic heterocycles. The molecule has 0 atom stereocenters.